The Hall–Kier alpha value is -1.02. The first kappa shape index (κ1) is 14.9. The van der Waals surface area contributed by atoms with Crippen LogP contribution in [0.3, 0.4) is 0 Å². The van der Waals surface area contributed by atoms with Crippen LogP contribution in [0.2, 0.25) is 0 Å². The number of benzene rings is 1. The summed E-state index contributed by atoms with van der Waals surface area (Å²) in [6.45, 7) is 5.68. The van der Waals surface area contributed by atoms with E-state index in [4.69, 9.17) is 0 Å². The SMILES string of the molecule is Cc1cc(N(C)C2CCCC(C)C2)ccc1CNC1CC1. The van der Waals surface area contributed by atoms with Crippen molar-refractivity contribution >= 4 is 5.69 Å². The van der Waals surface area contributed by atoms with Crippen molar-refractivity contribution in [3.8, 4) is 0 Å². The van der Waals surface area contributed by atoms with Crippen molar-refractivity contribution in [1.29, 1.82) is 0 Å². The maximum absolute atomic E-state index is 3.62. The summed E-state index contributed by atoms with van der Waals surface area (Å²) in [7, 11) is 2.28. The van der Waals surface area contributed by atoms with E-state index in [2.05, 4.69) is 49.3 Å². The molecule has 1 N–H and O–H groups in total. The number of anilines is 1. The van der Waals surface area contributed by atoms with Crippen LogP contribution in [-0.2, 0) is 6.54 Å². The van der Waals surface area contributed by atoms with E-state index in [1.165, 1.54) is 55.3 Å². The molecule has 1 aromatic carbocycles. The third-order valence-corrected chi connectivity index (χ3v) is 5.35. The van der Waals surface area contributed by atoms with Crippen molar-refractivity contribution in [2.75, 3.05) is 11.9 Å². The predicted octanol–water partition coefficient (Wildman–Crippen LogP) is 4.26. The summed E-state index contributed by atoms with van der Waals surface area (Å²) in [5.41, 5.74) is 4.27. The van der Waals surface area contributed by atoms with Crippen LogP contribution in [0.1, 0.15) is 56.6 Å². The zero-order chi connectivity index (χ0) is 14.8. The van der Waals surface area contributed by atoms with Gasteiger partial charge >= 0.3 is 0 Å². The smallest absolute Gasteiger partial charge is 0.0368 e. The fourth-order valence-corrected chi connectivity index (χ4v) is 3.60. The van der Waals surface area contributed by atoms with Crippen molar-refractivity contribution in [2.45, 2.75) is 71.0 Å². The Bertz CT molecular complexity index is 478. The summed E-state index contributed by atoms with van der Waals surface area (Å²) in [4.78, 5) is 2.51. The molecule has 2 saturated carbocycles. The van der Waals surface area contributed by atoms with E-state index >= 15 is 0 Å². The third kappa shape index (κ3) is 3.79. The van der Waals surface area contributed by atoms with Gasteiger partial charge in [0, 0.05) is 31.4 Å². The molecule has 1 aromatic rings. The Labute approximate surface area is 129 Å². The highest BCUT2D eigenvalue weighted by molar-refractivity contribution is 5.51. The lowest BCUT2D eigenvalue weighted by Crippen LogP contribution is -2.35. The van der Waals surface area contributed by atoms with Crippen molar-refractivity contribution in [1.82, 2.24) is 5.32 Å². The lowest BCUT2D eigenvalue weighted by molar-refractivity contribution is 0.336. The molecular formula is C19H30N2. The van der Waals surface area contributed by atoms with E-state index in [9.17, 15) is 0 Å². The van der Waals surface area contributed by atoms with Crippen molar-refractivity contribution < 1.29 is 0 Å². The van der Waals surface area contributed by atoms with Crippen molar-refractivity contribution in [3.63, 3.8) is 0 Å². The quantitative estimate of drug-likeness (QED) is 0.870. The van der Waals surface area contributed by atoms with Gasteiger partial charge in [0.1, 0.15) is 0 Å². The first-order valence-electron chi connectivity index (χ1n) is 8.69. The van der Waals surface area contributed by atoms with Gasteiger partial charge in [0.15, 0.2) is 0 Å². The molecular weight excluding hydrogens is 256 g/mol. The minimum Gasteiger partial charge on any atom is -0.372 e. The Morgan fingerprint density at radius 1 is 1.19 bits per heavy atom. The minimum atomic E-state index is 0.726. The molecule has 2 nitrogen and oxygen atoms in total. The summed E-state index contributed by atoms with van der Waals surface area (Å²) in [5.74, 6) is 0.884. The third-order valence-electron chi connectivity index (χ3n) is 5.35. The molecule has 0 amide bonds. The molecule has 0 saturated heterocycles. The Morgan fingerprint density at radius 3 is 2.67 bits per heavy atom. The van der Waals surface area contributed by atoms with Crippen LogP contribution in [0.15, 0.2) is 18.2 Å². The molecule has 0 aromatic heterocycles. The molecule has 0 spiro atoms. The Morgan fingerprint density at radius 2 is 2.00 bits per heavy atom. The highest BCUT2D eigenvalue weighted by Gasteiger charge is 2.23. The summed E-state index contributed by atoms with van der Waals surface area (Å²) in [6, 6.07) is 8.53. The first-order valence-corrected chi connectivity index (χ1v) is 8.69. The van der Waals surface area contributed by atoms with Gasteiger partial charge in [-0.3, -0.25) is 0 Å². The molecule has 0 aliphatic heterocycles. The highest BCUT2D eigenvalue weighted by atomic mass is 15.1. The van der Waals surface area contributed by atoms with Crippen LogP contribution in [0.4, 0.5) is 5.69 Å². The molecule has 2 heteroatoms. The fourth-order valence-electron chi connectivity index (χ4n) is 3.60. The monoisotopic (exact) mass is 286 g/mol. The molecule has 0 radical (unpaired) electrons. The zero-order valence-electron chi connectivity index (χ0n) is 13.9. The van der Waals surface area contributed by atoms with Gasteiger partial charge in [-0.15, -0.1) is 0 Å². The first-order chi connectivity index (χ1) is 10.1. The fraction of sp³-hybridized carbons (Fsp3) is 0.684. The van der Waals surface area contributed by atoms with E-state index in [1.54, 1.807) is 0 Å². The standard InChI is InChI=1S/C19H30N2/c1-14-5-4-6-18(11-14)21(3)19-10-7-16(15(2)12-19)13-20-17-8-9-17/h7,10,12,14,17-18,20H,4-6,8-9,11,13H2,1-3H3. The van der Waals surface area contributed by atoms with Crippen LogP contribution >= 0.6 is 0 Å². The number of aryl methyl sites for hydroxylation is 1. The van der Waals surface area contributed by atoms with Gasteiger partial charge in [-0.05, 0) is 61.8 Å². The second-order valence-electron chi connectivity index (χ2n) is 7.30. The Balaban J connectivity index is 1.65. The normalized spacial score (nSPS) is 25.9. The second-order valence-corrected chi connectivity index (χ2v) is 7.30. The van der Waals surface area contributed by atoms with Gasteiger partial charge in [0.05, 0.1) is 0 Å². The molecule has 2 aliphatic rings. The van der Waals surface area contributed by atoms with Crippen LogP contribution in [0, 0.1) is 12.8 Å². The lowest BCUT2D eigenvalue weighted by atomic mass is 9.86. The highest BCUT2D eigenvalue weighted by Crippen LogP contribution is 2.30. The van der Waals surface area contributed by atoms with Crippen LogP contribution in [-0.4, -0.2) is 19.1 Å². The van der Waals surface area contributed by atoms with E-state index in [0.717, 1.165) is 24.5 Å². The van der Waals surface area contributed by atoms with Crippen molar-refractivity contribution in [2.24, 2.45) is 5.92 Å². The minimum absolute atomic E-state index is 0.726. The number of hydrogen-bond donors (Lipinski definition) is 1. The van der Waals surface area contributed by atoms with Crippen LogP contribution in [0.25, 0.3) is 0 Å². The van der Waals surface area contributed by atoms with Gasteiger partial charge in [0.2, 0.25) is 0 Å². The van der Waals surface area contributed by atoms with Gasteiger partial charge in [-0.2, -0.15) is 0 Å². The maximum atomic E-state index is 3.62. The predicted molar refractivity (Wildman–Crippen MR) is 90.9 cm³/mol. The maximum Gasteiger partial charge on any atom is 0.0368 e. The summed E-state index contributed by atoms with van der Waals surface area (Å²) >= 11 is 0. The van der Waals surface area contributed by atoms with Crippen molar-refractivity contribution in [3.05, 3.63) is 29.3 Å². The molecule has 2 unspecified atom stereocenters. The molecule has 2 fully saturated rings. The number of hydrogen-bond acceptors (Lipinski definition) is 2. The second kappa shape index (κ2) is 6.39. The molecule has 21 heavy (non-hydrogen) atoms. The molecule has 0 bridgehead atoms. The average Bonchev–Trinajstić information content (AvgIpc) is 3.29. The van der Waals surface area contributed by atoms with E-state index in [0.29, 0.717) is 0 Å². The van der Waals surface area contributed by atoms with E-state index in [1.807, 2.05) is 0 Å². The largest absolute Gasteiger partial charge is 0.372 e. The molecule has 3 rings (SSSR count). The summed E-state index contributed by atoms with van der Waals surface area (Å²) < 4.78 is 0. The van der Waals surface area contributed by atoms with E-state index < -0.39 is 0 Å². The van der Waals surface area contributed by atoms with Crippen LogP contribution in [0.5, 0.6) is 0 Å². The van der Waals surface area contributed by atoms with Gasteiger partial charge in [-0.1, -0.05) is 25.8 Å². The zero-order valence-corrected chi connectivity index (χ0v) is 13.9. The number of nitrogens with one attached hydrogen (secondary N) is 1. The number of nitrogens with zero attached hydrogens (tertiary/aromatic N) is 1. The molecule has 2 atom stereocenters. The summed E-state index contributed by atoms with van der Waals surface area (Å²) in [6.07, 6.45) is 8.22. The topological polar surface area (TPSA) is 15.3 Å². The van der Waals surface area contributed by atoms with Gasteiger partial charge in [-0.25, -0.2) is 0 Å². The molecule has 116 valence electrons. The summed E-state index contributed by atoms with van der Waals surface area (Å²) in [5, 5.41) is 3.62. The average molecular weight is 286 g/mol. The van der Waals surface area contributed by atoms with E-state index in [-0.39, 0.29) is 0 Å². The van der Waals surface area contributed by atoms with Gasteiger partial charge < -0.3 is 10.2 Å². The number of rotatable bonds is 5. The molecule has 0 heterocycles. The lowest BCUT2D eigenvalue weighted by Gasteiger charge is -2.36. The Kier molecular flexibility index (Phi) is 4.54. The van der Waals surface area contributed by atoms with Gasteiger partial charge in [0.25, 0.3) is 0 Å². The van der Waals surface area contributed by atoms with Crippen LogP contribution < -0.4 is 10.2 Å². The molecule has 2 aliphatic carbocycles.